The van der Waals surface area contributed by atoms with Crippen LogP contribution < -0.4 is 54.8 Å². The fraction of sp³-hybridized carbons (Fsp3) is 0.0423. The van der Waals surface area contributed by atoms with Crippen LogP contribution in [0.1, 0.15) is 0 Å². The molecule has 2 atom stereocenters. The fourth-order valence-corrected chi connectivity index (χ4v) is 20.7. The van der Waals surface area contributed by atoms with Gasteiger partial charge in [0, 0.05) is 140 Å². The molecule has 29 rings (SSSR count). The first kappa shape index (κ1) is 37.4. The van der Waals surface area contributed by atoms with Crippen molar-refractivity contribution in [2.75, 3.05) is 0 Å². The summed E-state index contributed by atoms with van der Waals surface area (Å²) in [5.74, 6) is -2.70. The Morgan fingerprint density at radius 2 is 0.412 bits per heavy atom. The lowest BCUT2D eigenvalue weighted by Gasteiger charge is -2.21. The molecule has 2 unspecified atom stereocenters. The predicted molar refractivity (Wildman–Crippen MR) is 302 cm³/mol. The number of rotatable bonds is 0. The lowest BCUT2D eigenvalue weighted by atomic mass is 9.96. The van der Waals surface area contributed by atoms with Crippen molar-refractivity contribution < 1.29 is 54.8 Å². The second-order valence-electron chi connectivity index (χ2n) is 25.7. The molecule has 12 aliphatic heterocycles. The maximum atomic E-state index is 5.15. The van der Waals surface area contributed by atoms with Crippen molar-refractivity contribution in [3.63, 3.8) is 0 Å². The van der Waals surface area contributed by atoms with Crippen LogP contribution in [-0.2, 0) is 17.7 Å². The summed E-state index contributed by atoms with van der Waals surface area (Å²) in [4.78, 5) is 10.3. The third-order valence-corrected chi connectivity index (χ3v) is 23.1. The largest absolute Gasteiger partial charge is 0.772 e. The van der Waals surface area contributed by atoms with Crippen LogP contribution in [0.2, 0.25) is 0 Å². The molecule has 3 spiro atoms. The maximum absolute atomic E-state index is 5.15. The number of hydrogen-bond acceptors (Lipinski definition) is 2. The fourth-order valence-electron chi connectivity index (χ4n) is 20.7. The minimum absolute atomic E-state index is 0.871. The summed E-state index contributed by atoms with van der Waals surface area (Å²) in [5.41, 5.74) is 38.4. The van der Waals surface area contributed by atoms with Gasteiger partial charge in [0.05, 0.1) is 32.3 Å². The van der Waals surface area contributed by atoms with Crippen LogP contribution in [0.4, 0.5) is 0 Å². The molecule has 372 valence electrons. The molecule has 0 fully saturated rings. The van der Waals surface area contributed by atoms with Crippen LogP contribution in [0.5, 0.6) is 0 Å². The first-order valence-corrected chi connectivity index (χ1v) is 29.6. The number of nitrogens with zero attached hydrogens (tertiary/aromatic N) is 14. The Kier molecular flexibility index (Phi) is 4.57. The van der Waals surface area contributed by atoms with E-state index in [2.05, 4.69) is 225 Å². The van der Waals surface area contributed by atoms with Crippen LogP contribution in [-0.4, -0.2) is 9.97 Å². The monoisotopic (exact) mass is 1080 g/mol. The number of aromatic nitrogens is 14. The van der Waals surface area contributed by atoms with Crippen molar-refractivity contribution in [1.82, 2.24) is 9.97 Å². The number of pyridine rings is 14. The van der Waals surface area contributed by atoms with Crippen LogP contribution >= 0.6 is 0 Å². The third kappa shape index (κ3) is 2.90. The van der Waals surface area contributed by atoms with E-state index in [0.29, 0.717) is 0 Å². The summed E-state index contributed by atoms with van der Waals surface area (Å²) in [6.07, 6.45) is 3.99. The summed E-state index contributed by atoms with van der Waals surface area (Å²) >= 11 is 0. The summed E-state index contributed by atoms with van der Waals surface area (Å²) in [6.45, 7) is 0. The zero-order valence-electron chi connectivity index (χ0n) is 44.1. The third-order valence-electron chi connectivity index (χ3n) is 23.1. The Morgan fingerprint density at radius 1 is 0.188 bits per heavy atom. The summed E-state index contributed by atoms with van der Waals surface area (Å²) in [7, 11) is 0. The molecule has 14 aromatic heterocycles. The van der Waals surface area contributed by atoms with E-state index in [9.17, 15) is 0 Å². The molecule has 26 heterocycles. The van der Waals surface area contributed by atoms with E-state index >= 15 is 0 Å². The van der Waals surface area contributed by atoms with Crippen molar-refractivity contribution in [1.29, 1.82) is 0 Å². The van der Waals surface area contributed by atoms with Gasteiger partial charge in [-0.3, -0.25) is 0 Å². The van der Waals surface area contributed by atoms with Crippen molar-refractivity contribution >= 4 is 110 Å². The lowest BCUT2D eigenvalue weighted by Crippen LogP contribution is -2.98. The van der Waals surface area contributed by atoms with Gasteiger partial charge in [-0.2, -0.15) is 0 Å². The van der Waals surface area contributed by atoms with E-state index < -0.39 is 17.7 Å². The molecular weight excluding hydrogens is 1050 g/mol. The molecule has 85 heavy (non-hydrogen) atoms. The predicted octanol–water partition coefficient (Wildman–Crippen LogP) is 4.86. The second kappa shape index (κ2) is 10.4. The molecule has 0 saturated heterocycles. The Balaban J connectivity index is 0.887. The Bertz CT molecular complexity index is 6570. The first-order valence-electron chi connectivity index (χ1n) is 29.6. The molecule has 0 bridgehead atoms. The highest BCUT2D eigenvalue weighted by Crippen LogP contribution is 2.53. The number of fused-ring (bicyclic) bond motifs is 9. The number of hydrogen-bond donors (Lipinski definition) is 0. The lowest BCUT2D eigenvalue weighted by molar-refractivity contribution is -1.29. The van der Waals surface area contributed by atoms with Crippen molar-refractivity contribution in [2.24, 2.45) is 0 Å². The number of benzene rings is 3. The molecule has 14 heteroatoms. The second-order valence-corrected chi connectivity index (χ2v) is 25.7. The Morgan fingerprint density at radius 3 is 0.706 bits per heavy atom. The summed E-state index contributed by atoms with van der Waals surface area (Å²) in [5, 5.41) is 7.37. The average molecular weight is 1080 g/mol. The standard InChI is InChI=1S/C71H30N14/c1-3-33-11-19-49-41-29-55-56-30-42-50-20-12-34-4-2-32-8-16-46-38-24-26-73-44-14-22-52-54-28-40-48-18-10-36-6-5-35-9-17-47-39-27-53-51-21-13-43-63-37(23-25-72-43)45-15-7-31(1)57-59(33)76(49)69(74(45)57,80(51)63)82(53)65(41)67(39)84(55)71(78(47)61(35)62(36)79(48)71)85(56)68(40)66(42)83(54)70(81(52)64(38)44)75(46)58(32)60(34)77(50)70/h1-30H/q+12. The highest BCUT2D eigenvalue weighted by Gasteiger charge is 2.94. The molecule has 0 saturated carbocycles. The van der Waals surface area contributed by atoms with E-state index in [1.165, 1.54) is 189 Å². The minimum atomic E-state index is -0.958. The summed E-state index contributed by atoms with van der Waals surface area (Å²) in [6, 6.07) is 66.9. The highest BCUT2D eigenvalue weighted by atomic mass is 15.7. The quantitative estimate of drug-likeness (QED) is 0.161. The minimum Gasteiger partial charge on any atom is -0.250 e. The summed E-state index contributed by atoms with van der Waals surface area (Å²) < 4.78 is 32.9. The molecule has 0 aliphatic carbocycles. The van der Waals surface area contributed by atoms with Crippen molar-refractivity contribution in [2.45, 2.75) is 17.7 Å². The van der Waals surface area contributed by atoms with Crippen LogP contribution in [0.15, 0.2) is 182 Å². The zero-order chi connectivity index (χ0) is 53.0. The van der Waals surface area contributed by atoms with Crippen LogP contribution in [0, 0.1) is 0 Å². The first-order chi connectivity index (χ1) is 42.2. The molecular formula is C71H30N14+12. The van der Waals surface area contributed by atoms with Gasteiger partial charge in [-0.05, 0) is 97.1 Å². The Labute approximate surface area is 473 Å². The van der Waals surface area contributed by atoms with Gasteiger partial charge in [0.2, 0.25) is 34.2 Å². The van der Waals surface area contributed by atoms with Gasteiger partial charge in [0.15, 0.2) is 0 Å². The average Bonchev–Trinajstić information content (AvgIpc) is 1.48. The topological polar surface area (TPSA) is 72.3 Å². The van der Waals surface area contributed by atoms with E-state index in [-0.39, 0.29) is 0 Å². The van der Waals surface area contributed by atoms with Gasteiger partial charge in [-0.1, -0.05) is 0 Å². The maximum Gasteiger partial charge on any atom is 0.772 e. The van der Waals surface area contributed by atoms with Crippen molar-refractivity contribution in [3.8, 4) is 102 Å². The van der Waals surface area contributed by atoms with Gasteiger partial charge in [-0.15, -0.1) is 0 Å². The molecule has 17 aromatic rings. The van der Waals surface area contributed by atoms with Gasteiger partial charge in [-0.25, -0.2) is 9.97 Å². The van der Waals surface area contributed by atoms with E-state index in [1.54, 1.807) is 0 Å². The van der Waals surface area contributed by atoms with E-state index in [4.69, 9.17) is 9.97 Å². The normalized spacial score (nSPS) is 20.4. The van der Waals surface area contributed by atoms with Gasteiger partial charge in [0.25, 0.3) is 22.4 Å². The zero-order valence-corrected chi connectivity index (χ0v) is 44.1. The SMILES string of the molecule is c1cc2c3c(ccc4[n+]3C35[n+]6c-4cc4c7c6c(cc6[n+]7C78[n+]9c-6cc6c%10c9c(cc9[n+]%10C%10%11[n+]%12c-9ccc9nccc(c9%12)-c9ccc%12ccc%13ccc-6[n+]%10c%13c%12[n+]9%11)-c6ccc9ccc%10ccc-4[n+]7c%10c9[n+]68)-c4ccc6ccc7ccc-2[n+]3c7c6[n+]45)n1. The molecule has 14 nitrogen and oxygen atoms in total. The van der Waals surface area contributed by atoms with Gasteiger partial charge in [0.1, 0.15) is 44.4 Å². The van der Waals surface area contributed by atoms with Crippen LogP contribution in [0.3, 0.4) is 0 Å². The van der Waals surface area contributed by atoms with Gasteiger partial charge < -0.3 is 0 Å². The van der Waals surface area contributed by atoms with Crippen molar-refractivity contribution in [3.05, 3.63) is 182 Å². The van der Waals surface area contributed by atoms with E-state index in [1.807, 2.05) is 12.4 Å². The highest BCUT2D eigenvalue weighted by molar-refractivity contribution is 6.08. The van der Waals surface area contributed by atoms with Gasteiger partial charge >= 0.3 is 95.7 Å². The van der Waals surface area contributed by atoms with E-state index in [0.717, 1.165) is 22.1 Å². The molecule has 0 amide bonds. The Hall–Kier alpha value is -11.6. The van der Waals surface area contributed by atoms with Crippen LogP contribution in [0.25, 0.3) is 211 Å². The molecule has 0 N–H and O–H groups in total. The molecule has 0 radical (unpaired) electrons. The molecule has 3 aromatic carbocycles. The molecule has 12 aliphatic rings. The smallest absolute Gasteiger partial charge is 0.250 e.